The van der Waals surface area contributed by atoms with Gasteiger partial charge in [-0.15, -0.1) is 0 Å². The zero-order valence-electron chi connectivity index (χ0n) is 11.6. The monoisotopic (exact) mass is 287 g/mol. The van der Waals surface area contributed by atoms with Gasteiger partial charge in [-0.2, -0.15) is 0 Å². The zero-order valence-corrected chi connectivity index (χ0v) is 11.6. The third-order valence-corrected chi connectivity index (χ3v) is 3.80. The molecule has 3 N–H and O–H groups in total. The van der Waals surface area contributed by atoms with Gasteiger partial charge < -0.3 is 15.6 Å². The van der Waals surface area contributed by atoms with Gasteiger partial charge in [0.1, 0.15) is 11.5 Å². The van der Waals surface area contributed by atoms with E-state index >= 15 is 0 Å². The summed E-state index contributed by atoms with van der Waals surface area (Å²) in [5.41, 5.74) is 5.14. The minimum Gasteiger partial charge on any atom is -0.481 e. The molecule has 21 heavy (non-hydrogen) atoms. The molecule has 0 heterocycles. The minimum absolute atomic E-state index is 0.546. The number of hydrogen-bond donors (Lipinski definition) is 2. The normalized spacial score (nSPS) is 25.3. The molecular weight excluding hydrogens is 270 g/mol. The minimum atomic E-state index is -1.57. The molecule has 5 nitrogen and oxygen atoms in total. The number of esters is 1. The number of carboxylic acids is 1. The second-order valence-corrected chi connectivity index (χ2v) is 4.87. The van der Waals surface area contributed by atoms with Gasteiger partial charge in [-0.1, -0.05) is 54.6 Å². The fraction of sp³-hybridized carbons (Fsp3) is 0.250. The van der Waals surface area contributed by atoms with Gasteiger partial charge in [-0.05, 0) is 5.56 Å². The van der Waals surface area contributed by atoms with Gasteiger partial charge in [0.2, 0.25) is 0 Å². The fourth-order valence-corrected chi connectivity index (χ4v) is 2.66. The number of carboxylic acid groups (broad SMARTS) is 1. The van der Waals surface area contributed by atoms with Crippen molar-refractivity contribution in [1.29, 1.82) is 0 Å². The third-order valence-electron chi connectivity index (χ3n) is 3.80. The molecule has 0 spiro atoms. The molecule has 0 saturated carbocycles. The summed E-state index contributed by atoms with van der Waals surface area (Å²) in [5.74, 6) is -2.46. The summed E-state index contributed by atoms with van der Waals surface area (Å²) in [4.78, 5) is 23.8. The van der Waals surface area contributed by atoms with Gasteiger partial charge in [0, 0.05) is 5.92 Å². The van der Waals surface area contributed by atoms with E-state index in [2.05, 4.69) is 4.74 Å². The van der Waals surface area contributed by atoms with Crippen LogP contribution in [-0.2, 0) is 14.3 Å². The summed E-state index contributed by atoms with van der Waals surface area (Å²) >= 11 is 0. The Morgan fingerprint density at radius 2 is 1.95 bits per heavy atom. The molecule has 5 heteroatoms. The van der Waals surface area contributed by atoms with Crippen molar-refractivity contribution in [1.82, 2.24) is 0 Å². The maximum absolute atomic E-state index is 11.9. The van der Waals surface area contributed by atoms with Crippen LogP contribution in [0.1, 0.15) is 11.5 Å². The van der Waals surface area contributed by atoms with Gasteiger partial charge in [-0.3, -0.25) is 9.59 Å². The summed E-state index contributed by atoms with van der Waals surface area (Å²) in [5, 5.41) is 9.76. The molecule has 1 aliphatic carbocycles. The molecule has 0 bridgehead atoms. The maximum Gasteiger partial charge on any atom is 0.324 e. The number of ether oxygens (including phenoxy) is 1. The summed E-state index contributed by atoms with van der Waals surface area (Å²) in [7, 11) is 1.19. The Kier molecular flexibility index (Phi) is 4.23. The molecule has 0 saturated heterocycles. The number of aliphatic carboxylic acids is 1. The summed E-state index contributed by atoms with van der Waals surface area (Å²) < 4.78 is 4.64. The van der Waals surface area contributed by atoms with Crippen LogP contribution in [0.3, 0.4) is 0 Å². The standard InChI is InChI=1S/C16H17NO4/c1-21-14(18)13(17)16(15(19)20)10-6-5-9-12(16)11-7-3-2-4-8-11/h2-10,12-13H,17H2,1H3,(H,19,20). The van der Waals surface area contributed by atoms with Crippen LogP contribution in [0.25, 0.3) is 0 Å². The van der Waals surface area contributed by atoms with E-state index in [0.29, 0.717) is 0 Å². The van der Waals surface area contributed by atoms with Crippen LogP contribution in [-0.4, -0.2) is 30.2 Å². The lowest BCUT2D eigenvalue weighted by atomic mass is 9.65. The number of nitrogens with two attached hydrogens (primary N) is 1. The number of allylic oxidation sites excluding steroid dienone is 3. The fourth-order valence-electron chi connectivity index (χ4n) is 2.66. The maximum atomic E-state index is 11.9. The smallest absolute Gasteiger partial charge is 0.324 e. The molecule has 0 aromatic heterocycles. The average Bonchev–Trinajstić information content (AvgIpc) is 2.53. The van der Waals surface area contributed by atoms with Crippen molar-refractivity contribution in [3.05, 3.63) is 60.2 Å². The molecule has 0 radical (unpaired) electrons. The lowest BCUT2D eigenvalue weighted by Crippen LogP contribution is -2.54. The Balaban J connectivity index is 2.56. The molecule has 1 aromatic rings. The first-order chi connectivity index (χ1) is 10.0. The van der Waals surface area contributed by atoms with Gasteiger partial charge in [0.05, 0.1) is 7.11 Å². The molecule has 2 rings (SSSR count). The number of hydrogen-bond acceptors (Lipinski definition) is 4. The molecule has 3 atom stereocenters. The van der Waals surface area contributed by atoms with Crippen molar-refractivity contribution >= 4 is 11.9 Å². The van der Waals surface area contributed by atoms with Crippen LogP contribution < -0.4 is 5.73 Å². The highest BCUT2D eigenvalue weighted by atomic mass is 16.5. The molecule has 0 aliphatic heterocycles. The predicted octanol–water partition coefficient (Wildman–Crippen LogP) is 1.47. The number of carbonyl (C=O) groups is 2. The Morgan fingerprint density at radius 3 is 2.52 bits per heavy atom. The molecule has 110 valence electrons. The Hall–Kier alpha value is -2.40. The van der Waals surface area contributed by atoms with E-state index in [1.165, 1.54) is 13.2 Å². The topological polar surface area (TPSA) is 89.6 Å². The number of methoxy groups -OCH3 is 1. The highest BCUT2D eigenvalue weighted by Gasteiger charge is 2.52. The van der Waals surface area contributed by atoms with Crippen LogP contribution in [0.15, 0.2) is 54.6 Å². The number of benzene rings is 1. The van der Waals surface area contributed by atoms with Gasteiger partial charge in [0.25, 0.3) is 0 Å². The first kappa shape index (κ1) is 15.0. The Labute approximate surface area is 122 Å². The summed E-state index contributed by atoms with van der Waals surface area (Å²) in [6.07, 6.45) is 6.56. The van der Waals surface area contributed by atoms with E-state index in [-0.39, 0.29) is 0 Å². The number of carbonyl (C=O) groups excluding carboxylic acids is 1. The van der Waals surface area contributed by atoms with Crippen LogP contribution in [0.4, 0.5) is 0 Å². The molecule has 1 aromatic carbocycles. The average molecular weight is 287 g/mol. The second-order valence-electron chi connectivity index (χ2n) is 4.87. The van der Waals surface area contributed by atoms with Crippen LogP contribution in [0.2, 0.25) is 0 Å². The molecule has 3 unspecified atom stereocenters. The lowest BCUT2D eigenvalue weighted by Gasteiger charge is -2.38. The molecule has 0 fully saturated rings. The summed E-state index contributed by atoms with van der Waals surface area (Å²) in [6.45, 7) is 0. The predicted molar refractivity (Wildman–Crippen MR) is 77.5 cm³/mol. The molecule has 1 aliphatic rings. The van der Waals surface area contributed by atoms with Crippen molar-refractivity contribution in [3.8, 4) is 0 Å². The van der Waals surface area contributed by atoms with E-state index in [0.717, 1.165) is 5.56 Å². The molecular formula is C16H17NO4. The second kappa shape index (κ2) is 5.93. The largest absolute Gasteiger partial charge is 0.481 e. The van der Waals surface area contributed by atoms with Gasteiger partial charge in [-0.25, -0.2) is 0 Å². The van der Waals surface area contributed by atoms with Crippen LogP contribution >= 0.6 is 0 Å². The number of rotatable bonds is 4. The van der Waals surface area contributed by atoms with E-state index in [1.807, 2.05) is 30.3 Å². The van der Waals surface area contributed by atoms with Gasteiger partial charge in [0.15, 0.2) is 0 Å². The highest BCUT2D eigenvalue weighted by Crippen LogP contribution is 2.43. The van der Waals surface area contributed by atoms with Crippen molar-refractivity contribution in [2.75, 3.05) is 7.11 Å². The van der Waals surface area contributed by atoms with Crippen molar-refractivity contribution in [2.45, 2.75) is 12.0 Å². The van der Waals surface area contributed by atoms with Crippen LogP contribution in [0.5, 0.6) is 0 Å². The quantitative estimate of drug-likeness (QED) is 0.818. The Bertz CT molecular complexity index is 594. The van der Waals surface area contributed by atoms with E-state index < -0.39 is 29.3 Å². The molecule has 0 amide bonds. The van der Waals surface area contributed by atoms with Crippen molar-refractivity contribution < 1.29 is 19.4 Å². The highest BCUT2D eigenvalue weighted by molar-refractivity contribution is 5.90. The third kappa shape index (κ3) is 2.48. The summed E-state index contributed by atoms with van der Waals surface area (Å²) in [6, 6.07) is 7.81. The zero-order chi connectivity index (χ0) is 15.5. The van der Waals surface area contributed by atoms with Crippen LogP contribution in [0, 0.1) is 5.41 Å². The Morgan fingerprint density at radius 1 is 1.29 bits per heavy atom. The van der Waals surface area contributed by atoms with Crippen molar-refractivity contribution in [3.63, 3.8) is 0 Å². The lowest BCUT2D eigenvalue weighted by molar-refractivity contribution is -0.156. The van der Waals surface area contributed by atoms with E-state index in [4.69, 9.17) is 5.73 Å². The van der Waals surface area contributed by atoms with Gasteiger partial charge >= 0.3 is 11.9 Å². The first-order valence-corrected chi connectivity index (χ1v) is 6.51. The SMILES string of the molecule is COC(=O)C(N)C1(C(=O)O)C=CC=CC1c1ccccc1. The van der Waals surface area contributed by atoms with Crippen molar-refractivity contribution in [2.24, 2.45) is 11.1 Å². The van der Waals surface area contributed by atoms with E-state index in [9.17, 15) is 14.7 Å². The van der Waals surface area contributed by atoms with E-state index in [1.54, 1.807) is 18.2 Å². The first-order valence-electron chi connectivity index (χ1n) is 6.51.